The van der Waals surface area contributed by atoms with Crippen LogP contribution < -0.4 is 5.56 Å². The van der Waals surface area contributed by atoms with Crippen molar-refractivity contribution in [2.75, 3.05) is 19.6 Å². The number of benzene rings is 1. The molecule has 1 amide bonds. The van der Waals surface area contributed by atoms with E-state index < -0.39 is 17.5 Å². The standard InChI is InChI=1S/C19H22FN3O4/c1-13-10-21(8-9-23(13)19(26)27)11-15-6-7-22(18(25)17(15)24)12-14-4-2-3-5-16(14)20/h2-7,13,24H,8-12H2,1H3,(H,26,27). The molecule has 1 fully saturated rings. The smallest absolute Gasteiger partial charge is 0.407 e. The Kier molecular flexibility index (Phi) is 5.46. The minimum atomic E-state index is -0.944. The van der Waals surface area contributed by atoms with E-state index in [2.05, 4.69) is 0 Å². The van der Waals surface area contributed by atoms with E-state index in [0.717, 1.165) is 0 Å². The third-order valence-electron chi connectivity index (χ3n) is 4.87. The van der Waals surface area contributed by atoms with Crippen LogP contribution in [-0.2, 0) is 13.1 Å². The molecule has 2 aromatic rings. The lowest BCUT2D eigenvalue weighted by atomic mass is 10.1. The Morgan fingerprint density at radius 2 is 1.93 bits per heavy atom. The molecule has 0 saturated carbocycles. The monoisotopic (exact) mass is 375 g/mol. The zero-order valence-corrected chi connectivity index (χ0v) is 15.0. The van der Waals surface area contributed by atoms with Gasteiger partial charge in [-0.1, -0.05) is 18.2 Å². The van der Waals surface area contributed by atoms with E-state index in [1.165, 1.54) is 15.5 Å². The summed E-state index contributed by atoms with van der Waals surface area (Å²) in [5, 5.41) is 19.4. The second-order valence-electron chi connectivity index (χ2n) is 6.77. The lowest BCUT2D eigenvalue weighted by Crippen LogP contribution is -2.53. The summed E-state index contributed by atoms with van der Waals surface area (Å²) in [7, 11) is 0. The Morgan fingerprint density at radius 3 is 2.59 bits per heavy atom. The van der Waals surface area contributed by atoms with Crippen LogP contribution in [-0.4, -0.2) is 56.3 Å². The van der Waals surface area contributed by atoms with Crippen molar-refractivity contribution in [2.45, 2.75) is 26.1 Å². The zero-order chi connectivity index (χ0) is 19.6. The highest BCUT2D eigenvalue weighted by Crippen LogP contribution is 2.18. The van der Waals surface area contributed by atoms with Crippen molar-refractivity contribution in [1.82, 2.24) is 14.4 Å². The van der Waals surface area contributed by atoms with Gasteiger partial charge in [-0.3, -0.25) is 9.69 Å². The maximum absolute atomic E-state index is 13.8. The number of amides is 1. The van der Waals surface area contributed by atoms with Gasteiger partial charge in [-0.2, -0.15) is 0 Å². The number of hydrogen-bond acceptors (Lipinski definition) is 4. The van der Waals surface area contributed by atoms with Crippen LogP contribution in [0.4, 0.5) is 9.18 Å². The molecule has 2 heterocycles. The average molecular weight is 375 g/mol. The minimum Gasteiger partial charge on any atom is -0.503 e. The molecular formula is C19H22FN3O4. The molecule has 2 N–H and O–H groups in total. The van der Waals surface area contributed by atoms with Crippen molar-refractivity contribution >= 4 is 6.09 Å². The number of pyridine rings is 1. The van der Waals surface area contributed by atoms with E-state index in [1.54, 1.807) is 30.5 Å². The van der Waals surface area contributed by atoms with Gasteiger partial charge in [0.15, 0.2) is 5.75 Å². The summed E-state index contributed by atoms with van der Waals surface area (Å²) in [6, 6.07) is 7.66. The summed E-state index contributed by atoms with van der Waals surface area (Å²) >= 11 is 0. The molecular weight excluding hydrogens is 353 g/mol. The number of carboxylic acid groups (broad SMARTS) is 1. The van der Waals surface area contributed by atoms with Crippen LogP contribution in [0.15, 0.2) is 41.3 Å². The maximum Gasteiger partial charge on any atom is 0.407 e. The van der Waals surface area contributed by atoms with Crippen LogP contribution in [0.1, 0.15) is 18.1 Å². The molecule has 0 spiro atoms. The van der Waals surface area contributed by atoms with Crippen LogP contribution in [0.3, 0.4) is 0 Å². The fourth-order valence-electron chi connectivity index (χ4n) is 3.36. The second-order valence-corrected chi connectivity index (χ2v) is 6.77. The van der Waals surface area contributed by atoms with Gasteiger partial charge in [0, 0.05) is 49.5 Å². The Morgan fingerprint density at radius 1 is 1.19 bits per heavy atom. The predicted molar refractivity (Wildman–Crippen MR) is 97.3 cm³/mol. The first kappa shape index (κ1) is 18.9. The fourth-order valence-corrected chi connectivity index (χ4v) is 3.36. The van der Waals surface area contributed by atoms with E-state index in [9.17, 15) is 19.1 Å². The summed E-state index contributed by atoms with van der Waals surface area (Å²) < 4.78 is 15.1. The van der Waals surface area contributed by atoms with Crippen molar-refractivity contribution < 1.29 is 19.4 Å². The second kappa shape index (κ2) is 7.79. The summed E-state index contributed by atoms with van der Waals surface area (Å²) in [5.74, 6) is -0.764. The van der Waals surface area contributed by atoms with Crippen molar-refractivity contribution in [2.24, 2.45) is 0 Å². The van der Waals surface area contributed by atoms with Gasteiger partial charge in [-0.25, -0.2) is 9.18 Å². The van der Waals surface area contributed by atoms with Gasteiger partial charge in [-0.05, 0) is 19.1 Å². The molecule has 1 aliphatic rings. The number of hydrogen-bond donors (Lipinski definition) is 2. The topological polar surface area (TPSA) is 86.0 Å². The third kappa shape index (κ3) is 4.11. The fraction of sp³-hybridized carbons (Fsp3) is 0.368. The van der Waals surface area contributed by atoms with E-state index in [0.29, 0.717) is 37.3 Å². The number of carbonyl (C=O) groups is 1. The first-order valence-corrected chi connectivity index (χ1v) is 8.73. The van der Waals surface area contributed by atoms with Gasteiger partial charge in [0.2, 0.25) is 0 Å². The number of piperazine rings is 1. The molecule has 3 rings (SSSR count). The third-order valence-corrected chi connectivity index (χ3v) is 4.87. The van der Waals surface area contributed by atoms with Crippen molar-refractivity contribution in [3.8, 4) is 5.75 Å². The highest BCUT2D eigenvalue weighted by molar-refractivity contribution is 5.65. The van der Waals surface area contributed by atoms with Crippen LogP contribution in [0, 0.1) is 5.82 Å². The van der Waals surface area contributed by atoms with Crippen LogP contribution in [0.25, 0.3) is 0 Å². The number of aromatic nitrogens is 1. The Balaban J connectivity index is 1.73. The van der Waals surface area contributed by atoms with E-state index in [-0.39, 0.29) is 18.3 Å². The lowest BCUT2D eigenvalue weighted by Gasteiger charge is -2.38. The molecule has 144 valence electrons. The molecule has 8 heteroatoms. The lowest BCUT2D eigenvalue weighted by molar-refractivity contribution is 0.0707. The summed E-state index contributed by atoms with van der Waals surface area (Å²) in [4.78, 5) is 27.0. The Labute approximate surface area is 155 Å². The van der Waals surface area contributed by atoms with E-state index in [4.69, 9.17) is 5.11 Å². The summed E-state index contributed by atoms with van der Waals surface area (Å²) in [5.41, 5.74) is 0.263. The zero-order valence-electron chi connectivity index (χ0n) is 15.0. The molecule has 1 aromatic heterocycles. The van der Waals surface area contributed by atoms with E-state index in [1.807, 2.05) is 11.8 Å². The molecule has 1 unspecified atom stereocenters. The number of aromatic hydroxyl groups is 1. The first-order chi connectivity index (χ1) is 12.9. The van der Waals surface area contributed by atoms with Gasteiger partial charge in [-0.15, -0.1) is 0 Å². The largest absolute Gasteiger partial charge is 0.503 e. The molecule has 1 atom stereocenters. The van der Waals surface area contributed by atoms with Crippen molar-refractivity contribution in [3.63, 3.8) is 0 Å². The quantitative estimate of drug-likeness (QED) is 0.853. The van der Waals surface area contributed by atoms with Crippen molar-refractivity contribution in [1.29, 1.82) is 0 Å². The summed E-state index contributed by atoms with van der Waals surface area (Å²) in [6.45, 7) is 3.62. The Hall–Kier alpha value is -2.87. The normalized spacial score (nSPS) is 17.9. The highest BCUT2D eigenvalue weighted by atomic mass is 19.1. The number of nitrogens with zero attached hydrogens (tertiary/aromatic N) is 3. The summed E-state index contributed by atoms with van der Waals surface area (Å²) in [6.07, 6.45) is 0.599. The molecule has 1 aliphatic heterocycles. The molecule has 0 radical (unpaired) electrons. The molecule has 0 bridgehead atoms. The average Bonchev–Trinajstić information content (AvgIpc) is 2.63. The molecule has 1 saturated heterocycles. The molecule has 27 heavy (non-hydrogen) atoms. The van der Waals surface area contributed by atoms with E-state index >= 15 is 0 Å². The number of rotatable bonds is 4. The molecule has 0 aliphatic carbocycles. The maximum atomic E-state index is 13.8. The molecule has 1 aromatic carbocycles. The van der Waals surface area contributed by atoms with Crippen LogP contribution in [0.2, 0.25) is 0 Å². The highest BCUT2D eigenvalue weighted by Gasteiger charge is 2.27. The van der Waals surface area contributed by atoms with Gasteiger partial charge in [0.25, 0.3) is 5.56 Å². The minimum absolute atomic E-state index is 0.0354. The van der Waals surface area contributed by atoms with Gasteiger partial charge in [0.1, 0.15) is 5.82 Å². The SMILES string of the molecule is CC1CN(Cc2ccn(Cc3ccccc3F)c(=O)c2O)CCN1C(=O)O. The van der Waals surface area contributed by atoms with Gasteiger partial charge in [0.05, 0.1) is 6.54 Å². The van der Waals surface area contributed by atoms with Crippen LogP contribution >= 0.6 is 0 Å². The number of halogens is 1. The van der Waals surface area contributed by atoms with Gasteiger partial charge >= 0.3 is 6.09 Å². The molecule has 7 nitrogen and oxygen atoms in total. The Bertz CT molecular complexity index is 899. The van der Waals surface area contributed by atoms with Crippen LogP contribution in [0.5, 0.6) is 5.75 Å². The van der Waals surface area contributed by atoms with Gasteiger partial charge < -0.3 is 19.7 Å². The predicted octanol–water partition coefficient (Wildman–Crippen LogP) is 1.93. The van der Waals surface area contributed by atoms with Crippen molar-refractivity contribution in [3.05, 3.63) is 63.8 Å². The first-order valence-electron chi connectivity index (χ1n) is 8.73.